The quantitative estimate of drug-likeness (QED) is 0.746. The third-order valence-electron chi connectivity index (χ3n) is 3.72. The summed E-state index contributed by atoms with van der Waals surface area (Å²) >= 11 is 3.21. The number of carbonyl (C=O) groups is 1. The Bertz CT molecular complexity index is 861. The Hall–Kier alpha value is -2.38. The molecule has 0 saturated carbocycles. The third-order valence-corrected chi connectivity index (χ3v) is 5.65. The van der Waals surface area contributed by atoms with Crippen LogP contribution < -0.4 is 14.8 Å². The van der Waals surface area contributed by atoms with Crippen molar-refractivity contribution in [3.8, 4) is 21.4 Å². The fraction of sp³-hybridized carbons (Fsp3) is 0.222. The van der Waals surface area contributed by atoms with Gasteiger partial charge in [-0.25, -0.2) is 4.98 Å². The molecular weight excluding hydrogens is 356 g/mol. The number of thiophene rings is 1. The summed E-state index contributed by atoms with van der Waals surface area (Å²) in [7, 11) is 0. The van der Waals surface area contributed by atoms with Crippen molar-refractivity contribution in [1.82, 2.24) is 10.3 Å². The molecule has 7 heteroatoms. The Balaban J connectivity index is 1.29. The lowest BCUT2D eigenvalue weighted by Crippen LogP contribution is -2.41. The third kappa shape index (κ3) is 3.83. The maximum absolute atomic E-state index is 12.2. The standard InChI is InChI=1S/C18H16N2O3S2/c21-17(8-12-11-25-18(20-12)16-6-3-7-24-16)19-9-13-10-22-14-4-1-2-5-15(14)23-13/h1-7,11,13H,8-10H2,(H,19,21)/t13-/m0/s1. The van der Waals surface area contributed by atoms with Gasteiger partial charge in [-0.05, 0) is 23.6 Å². The summed E-state index contributed by atoms with van der Waals surface area (Å²) in [5.41, 5.74) is 0.789. The van der Waals surface area contributed by atoms with Gasteiger partial charge < -0.3 is 14.8 Å². The van der Waals surface area contributed by atoms with Crippen LogP contribution in [0.5, 0.6) is 11.5 Å². The minimum atomic E-state index is -0.184. The van der Waals surface area contributed by atoms with Gasteiger partial charge in [0.1, 0.15) is 17.7 Å². The molecule has 1 N–H and O–H groups in total. The monoisotopic (exact) mass is 372 g/mol. The molecule has 5 nitrogen and oxygen atoms in total. The van der Waals surface area contributed by atoms with Crippen LogP contribution in [0, 0.1) is 0 Å². The first kappa shape index (κ1) is 16.1. The van der Waals surface area contributed by atoms with Crippen molar-refractivity contribution in [2.75, 3.05) is 13.2 Å². The van der Waals surface area contributed by atoms with E-state index in [1.54, 1.807) is 22.7 Å². The van der Waals surface area contributed by atoms with E-state index in [0.29, 0.717) is 18.9 Å². The van der Waals surface area contributed by atoms with Crippen LogP contribution in [0.3, 0.4) is 0 Å². The van der Waals surface area contributed by atoms with Crippen molar-refractivity contribution >= 4 is 28.6 Å². The van der Waals surface area contributed by atoms with Gasteiger partial charge in [0, 0.05) is 5.38 Å². The molecule has 0 saturated heterocycles. The molecule has 1 atom stereocenters. The second kappa shape index (κ2) is 7.25. The number of thiazole rings is 1. The van der Waals surface area contributed by atoms with E-state index < -0.39 is 0 Å². The lowest BCUT2D eigenvalue weighted by molar-refractivity contribution is -0.121. The molecule has 0 radical (unpaired) electrons. The van der Waals surface area contributed by atoms with Crippen molar-refractivity contribution in [1.29, 1.82) is 0 Å². The summed E-state index contributed by atoms with van der Waals surface area (Å²) in [4.78, 5) is 17.8. The maximum atomic E-state index is 12.2. The lowest BCUT2D eigenvalue weighted by Gasteiger charge is -2.26. The van der Waals surface area contributed by atoms with E-state index >= 15 is 0 Å². The van der Waals surface area contributed by atoms with Gasteiger partial charge in [0.2, 0.25) is 5.91 Å². The summed E-state index contributed by atoms with van der Waals surface area (Å²) in [6.07, 6.45) is 0.0856. The number of fused-ring (bicyclic) bond motifs is 1. The molecule has 128 valence electrons. The van der Waals surface area contributed by atoms with E-state index in [0.717, 1.165) is 21.3 Å². The molecule has 2 aromatic heterocycles. The minimum Gasteiger partial charge on any atom is -0.486 e. The van der Waals surface area contributed by atoms with Crippen LogP contribution >= 0.6 is 22.7 Å². The van der Waals surface area contributed by atoms with Gasteiger partial charge in [0.05, 0.1) is 23.5 Å². The van der Waals surface area contributed by atoms with Gasteiger partial charge in [-0.3, -0.25) is 4.79 Å². The molecule has 0 fully saturated rings. The second-order valence-electron chi connectivity index (χ2n) is 5.60. The predicted octanol–water partition coefficient (Wildman–Crippen LogP) is 3.37. The number of nitrogens with one attached hydrogen (secondary N) is 1. The highest BCUT2D eigenvalue weighted by atomic mass is 32.1. The van der Waals surface area contributed by atoms with Gasteiger partial charge in [-0.15, -0.1) is 22.7 Å². The first-order chi connectivity index (χ1) is 12.3. The minimum absolute atomic E-state index is 0.0644. The molecule has 3 heterocycles. The molecule has 1 aliphatic rings. The summed E-state index contributed by atoms with van der Waals surface area (Å²) in [5.74, 6) is 1.40. The molecule has 3 aromatic rings. The summed E-state index contributed by atoms with van der Waals surface area (Å²) in [6, 6.07) is 11.6. The first-order valence-corrected chi connectivity index (χ1v) is 9.67. The topological polar surface area (TPSA) is 60.5 Å². The fourth-order valence-electron chi connectivity index (χ4n) is 2.52. The van der Waals surface area contributed by atoms with Crippen molar-refractivity contribution in [3.05, 3.63) is 52.9 Å². The Kier molecular flexibility index (Phi) is 4.67. The number of aromatic nitrogens is 1. The zero-order chi connectivity index (χ0) is 17.1. The summed E-state index contributed by atoms with van der Waals surface area (Å²) in [5, 5.41) is 7.81. The number of carbonyl (C=O) groups excluding carboxylic acids is 1. The predicted molar refractivity (Wildman–Crippen MR) is 98.5 cm³/mol. The molecule has 1 aliphatic heterocycles. The lowest BCUT2D eigenvalue weighted by atomic mass is 10.2. The number of hydrogen-bond acceptors (Lipinski definition) is 6. The molecule has 0 spiro atoms. The van der Waals surface area contributed by atoms with E-state index in [9.17, 15) is 4.79 Å². The van der Waals surface area contributed by atoms with Gasteiger partial charge in [-0.1, -0.05) is 18.2 Å². The molecule has 4 rings (SSSR count). The highest BCUT2D eigenvalue weighted by Gasteiger charge is 2.21. The highest BCUT2D eigenvalue weighted by Crippen LogP contribution is 2.30. The molecule has 1 aromatic carbocycles. The second-order valence-corrected chi connectivity index (χ2v) is 7.41. The highest BCUT2D eigenvalue weighted by molar-refractivity contribution is 7.20. The normalized spacial score (nSPS) is 15.8. The molecule has 25 heavy (non-hydrogen) atoms. The number of nitrogens with zero attached hydrogens (tertiary/aromatic N) is 1. The number of benzene rings is 1. The van der Waals surface area contributed by atoms with Crippen LogP contribution in [-0.2, 0) is 11.2 Å². The average Bonchev–Trinajstić information content (AvgIpc) is 3.31. The van der Waals surface area contributed by atoms with Crippen molar-refractivity contribution in [2.24, 2.45) is 0 Å². The average molecular weight is 372 g/mol. The molecule has 1 amide bonds. The van der Waals surface area contributed by atoms with Gasteiger partial charge >= 0.3 is 0 Å². The van der Waals surface area contributed by atoms with Crippen molar-refractivity contribution in [2.45, 2.75) is 12.5 Å². The Morgan fingerprint density at radius 3 is 2.92 bits per heavy atom. The fourth-order valence-corrected chi connectivity index (χ4v) is 4.15. The summed E-state index contributed by atoms with van der Waals surface area (Å²) < 4.78 is 11.5. The van der Waals surface area contributed by atoms with Crippen LogP contribution in [0.1, 0.15) is 5.69 Å². The SMILES string of the molecule is O=C(Cc1csc(-c2cccs2)n1)NC[C@H]1COc2ccccc2O1. The zero-order valence-electron chi connectivity index (χ0n) is 13.3. The number of hydrogen-bond donors (Lipinski definition) is 1. The van der Waals surface area contributed by atoms with Gasteiger partial charge in [0.25, 0.3) is 0 Å². The van der Waals surface area contributed by atoms with Crippen LogP contribution in [0.4, 0.5) is 0 Å². The Morgan fingerprint density at radius 1 is 1.20 bits per heavy atom. The van der Waals surface area contributed by atoms with Crippen LogP contribution in [0.25, 0.3) is 9.88 Å². The van der Waals surface area contributed by atoms with E-state index in [-0.39, 0.29) is 18.4 Å². The Morgan fingerprint density at radius 2 is 2.08 bits per heavy atom. The summed E-state index contributed by atoms with van der Waals surface area (Å²) in [6.45, 7) is 0.839. The van der Waals surface area contributed by atoms with Crippen LogP contribution in [-0.4, -0.2) is 30.1 Å². The van der Waals surface area contributed by atoms with Gasteiger partial charge in [-0.2, -0.15) is 0 Å². The molecule has 0 bridgehead atoms. The van der Waals surface area contributed by atoms with E-state index in [1.807, 2.05) is 47.2 Å². The first-order valence-electron chi connectivity index (χ1n) is 7.91. The number of para-hydroxylation sites is 2. The van der Waals surface area contributed by atoms with Crippen molar-refractivity contribution < 1.29 is 14.3 Å². The Labute approximate surface area is 153 Å². The molecule has 0 aliphatic carbocycles. The number of amides is 1. The van der Waals surface area contributed by atoms with Crippen molar-refractivity contribution in [3.63, 3.8) is 0 Å². The molecular formula is C18H16N2O3S2. The zero-order valence-corrected chi connectivity index (χ0v) is 14.9. The van der Waals surface area contributed by atoms with E-state index in [1.165, 1.54) is 0 Å². The van der Waals surface area contributed by atoms with E-state index in [4.69, 9.17) is 9.47 Å². The molecule has 0 unspecified atom stereocenters. The number of rotatable bonds is 5. The van der Waals surface area contributed by atoms with E-state index in [2.05, 4.69) is 10.3 Å². The van der Waals surface area contributed by atoms with Crippen LogP contribution in [0.2, 0.25) is 0 Å². The van der Waals surface area contributed by atoms with Crippen LogP contribution in [0.15, 0.2) is 47.2 Å². The maximum Gasteiger partial charge on any atom is 0.226 e. The largest absolute Gasteiger partial charge is 0.486 e. The van der Waals surface area contributed by atoms with Gasteiger partial charge in [0.15, 0.2) is 11.5 Å². The smallest absolute Gasteiger partial charge is 0.226 e. The number of ether oxygens (including phenoxy) is 2.